The zero-order valence-electron chi connectivity index (χ0n) is 8.16. The predicted octanol–water partition coefficient (Wildman–Crippen LogP) is 1.41. The highest BCUT2D eigenvalue weighted by Crippen LogP contribution is 2.37. The fourth-order valence-corrected chi connectivity index (χ4v) is 2.11. The smallest absolute Gasteiger partial charge is 0.305 e. The third kappa shape index (κ3) is 2.29. The summed E-state index contributed by atoms with van der Waals surface area (Å²) in [5.41, 5.74) is 0. The monoisotopic (exact) mass is 184 g/mol. The van der Waals surface area contributed by atoms with Gasteiger partial charge in [0.1, 0.15) is 6.29 Å². The fraction of sp³-hybridized carbons (Fsp3) is 0.800. The summed E-state index contributed by atoms with van der Waals surface area (Å²) in [5.74, 6) is 0.483. The van der Waals surface area contributed by atoms with E-state index in [1.54, 1.807) is 0 Å². The number of esters is 1. The second-order valence-corrected chi connectivity index (χ2v) is 3.81. The molecule has 0 aromatic carbocycles. The molecule has 1 rings (SSSR count). The van der Waals surface area contributed by atoms with Gasteiger partial charge >= 0.3 is 5.97 Å². The summed E-state index contributed by atoms with van der Waals surface area (Å²) in [6.07, 6.45) is 3.40. The fourth-order valence-electron chi connectivity index (χ4n) is 2.11. The minimum Gasteiger partial charge on any atom is -0.469 e. The van der Waals surface area contributed by atoms with Gasteiger partial charge in [0, 0.05) is 12.3 Å². The van der Waals surface area contributed by atoms with E-state index in [1.165, 1.54) is 7.11 Å². The molecule has 0 saturated heterocycles. The maximum Gasteiger partial charge on any atom is 0.305 e. The first-order valence-corrected chi connectivity index (χ1v) is 4.71. The Hall–Kier alpha value is -0.860. The number of carbonyl (C=O) groups is 2. The Morgan fingerprint density at radius 1 is 1.54 bits per heavy atom. The van der Waals surface area contributed by atoms with E-state index in [2.05, 4.69) is 11.7 Å². The van der Waals surface area contributed by atoms with Crippen LogP contribution in [0, 0.1) is 17.8 Å². The molecular weight excluding hydrogens is 168 g/mol. The number of ether oxygens (including phenoxy) is 1. The molecular formula is C10H16O3. The minimum atomic E-state index is -0.203. The molecule has 0 bridgehead atoms. The van der Waals surface area contributed by atoms with Gasteiger partial charge in [-0.1, -0.05) is 6.92 Å². The second-order valence-electron chi connectivity index (χ2n) is 3.81. The average Bonchev–Trinajstić information content (AvgIpc) is 2.46. The maximum absolute atomic E-state index is 11.0. The Labute approximate surface area is 78.5 Å². The molecule has 3 nitrogen and oxygen atoms in total. The summed E-state index contributed by atoms with van der Waals surface area (Å²) in [6, 6.07) is 0. The van der Waals surface area contributed by atoms with Crippen molar-refractivity contribution in [2.24, 2.45) is 17.8 Å². The molecule has 3 atom stereocenters. The molecule has 1 aliphatic carbocycles. The lowest BCUT2D eigenvalue weighted by Crippen LogP contribution is -2.18. The largest absolute Gasteiger partial charge is 0.469 e. The Morgan fingerprint density at radius 3 is 2.77 bits per heavy atom. The Balaban J connectivity index is 2.50. The van der Waals surface area contributed by atoms with Crippen LogP contribution in [0.25, 0.3) is 0 Å². The summed E-state index contributed by atoms with van der Waals surface area (Å²) in [7, 11) is 1.39. The molecule has 0 aromatic heterocycles. The van der Waals surface area contributed by atoms with Crippen LogP contribution in [0.3, 0.4) is 0 Å². The van der Waals surface area contributed by atoms with Gasteiger partial charge in [0.25, 0.3) is 0 Å². The topological polar surface area (TPSA) is 43.4 Å². The third-order valence-electron chi connectivity index (χ3n) is 3.01. The quantitative estimate of drug-likeness (QED) is 0.492. The highest BCUT2D eigenvalue weighted by molar-refractivity contribution is 5.70. The molecule has 0 aliphatic heterocycles. The number of methoxy groups -OCH3 is 1. The summed E-state index contributed by atoms with van der Waals surface area (Å²) in [4.78, 5) is 21.7. The molecule has 3 heteroatoms. The van der Waals surface area contributed by atoms with E-state index in [1.807, 2.05) is 0 Å². The van der Waals surface area contributed by atoms with Gasteiger partial charge in [-0.25, -0.2) is 0 Å². The van der Waals surface area contributed by atoms with Crippen LogP contribution in [0.1, 0.15) is 26.2 Å². The van der Waals surface area contributed by atoms with Crippen LogP contribution in [-0.2, 0) is 14.3 Å². The zero-order chi connectivity index (χ0) is 9.84. The molecule has 0 heterocycles. The molecule has 1 aliphatic rings. The van der Waals surface area contributed by atoms with E-state index in [9.17, 15) is 9.59 Å². The lowest BCUT2D eigenvalue weighted by atomic mass is 9.90. The van der Waals surface area contributed by atoms with E-state index in [0.29, 0.717) is 12.3 Å². The van der Waals surface area contributed by atoms with Gasteiger partial charge in [0.2, 0.25) is 0 Å². The Kier molecular flexibility index (Phi) is 3.46. The predicted molar refractivity (Wildman–Crippen MR) is 48.1 cm³/mol. The van der Waals surface area contributed by atoms with Crippen molar-refractivity contribution in [2.75, 3.05) is 7.11 Å². The summed E-state index contributed by atoms with van der Waals surface area (Å²) in [6.45, 7) is 2.07. The molecule has 0 radical (unpaired) electrons. The Morgan fingerprint density at radius 2 is 2.23 bits per heavy atom. The van der Waals surface area contributed by atoms with Crippen molar-refractivity contribution in [3.8, 4) is 0 Å². The van der Waals surface area contributed by atoms with Crippen LogP contribution in [0.5, 0.6) is 0 Å². The number of aldehydes is 1. The number of hydrogen-bond acceptors (Lipinski definition) is 3. The van der Waals surface area contributed by atoms with Crippen molar-refractivity contribution >= 4 is 12.3 Å². The third-order valence-corrected chi connectivity index (χ3v) is 3.01. The number of rotatable bonds is 3. The molecule has 0 N–H and O–H groups in total. The standard InChI is InChI=1S/C10H16O3/c1-7-3-4-8(9(7)6-11)5-10(12)13-2/h6-9H,3-5H2,1-2H3/t7-,8+,9+/m1/s1. The first kappa shape index (κ1) is 10.2. The summed E-state index contributed by atoms with van der Waals surface area (Å²) >= 11 is 0. The highest BCUT2D eigenvalue weighted by atomic mass is 16.5. The van der Waals surface area contributed by atoms with Crippen LogP contribution < -0.4 is 0 Å². The lowest BCUT2D eigenvalue weighted by molar-refractivity contribution is -0.142. The normalized spacial score (nSPS) is 32.9. The van der Waals surface area contributed by atoms with Gasteiger partial charge in [0.15, 0.2) is 0 Å². The first-order valence-electron chi connectivity index (χ1n) is 4.71. The van der Waals surface area contributed by atoms with E-state index < -0.39 is 0 Å². The molecule has 74 valence electrons. The van der Waals surface area contributed by atoms with Crippen LogP contribution >= 0.6 is 0 Å². The van der Waals surface area contributed by atoms with Crippen LogP contribution in [0.15, 0.2) is 0 Å². The van der Waals surface area contributed by atoms with Crippen LogP contribution in [0.4, 0.5) is 0 Å². The molecule has 0 amide bonds. The van der Waals surface area contributed by atoms with Gasteiger partial charge in [-0.3, -0.25) is 4.79 Å². The highest BCUT2D eigenvalue weighted by Gasteiger charge is 2.34. The number of hydrogen-bond donors (Lipinski definition) is 0. The minimum absolute atomic E-state index is 0.0547. The Bertz CT molecular complexity index is 200. The lowest BCUT2D eigenvalue weighted by Gasteiger charge is -2.14. The number of carbonyl (C=O) groups excluding carboxylic acids is 2. The van der Waals surface area contributed by atoms with Crippen molar-refractivity contribution in [3.05, 3.63) is 0 Å². The zero-order valence-corrected chi connectivity index (χ0v) is 8.16. The van der Waals surface area contributed by atoms with E-state index in [4.69, 9.17) is 0 Å². The van der Waals surface area contributed by atoms with Crippen LogP contribution in [-0.4, -0.2) is 19.4 Å². The van der Waals surface area contributed by atoms with Crippen molar-refractivity contribution in [1.82, 2.24) is 0 Å². The average molecular weight is 184 g/mol. The van der Waals surface area contributed by atoms with Gasteiger partial charge in [-0.15, -0.1) is 0 Å². The van der Waals surface area contributed by atoms with Gasteiger partial charge in [-0.2, -0.15) is 0 Å². The molecule has 1 saturated carbocycles. The molecule has 13 heavy (non-hydrogen) atoms. The van der Waals surface area contributed by atoms with Crippen molar-refractivity contribution in [2.45, 2.75) is 26.2 Å². The van der Waals surface area contributed by atoms with Gasteiger partial charge in [0.05, 0.1) is 7.11 Å². The molecule has 1 fully saturated rings. The van der Waals surface area contributed by atoms with Crippen molar-refractivity contribution in [1.29, 1.82) is 0 Å². The molecule has 0 spiro atoms. The van der Waals surface area contributed by atoms with Gasteiger partial charge in [-0.05, 0) is 24.7 Å². The SMILES string of the molecule is COC(=O)C[C@@H]1CC[C@@H](C)[C@@H]1C=O. The van der Waals surface area contributed by atoms with E-state index in [0.717, 1.165) is 19.1 Å². The summed E-state index contributed by atoms with van der Waals surface area (Å²) in [5, 5.41) is 0. The van der Waals surface area contributed by atoms with E-state index in [-0.39, 0.29) is 17.8 Å². The van der Waals surface area contributed by atoms with Gasteiger partial charge < -0.3 is 9.53 Å². The summed E-state index contributed by atoms with van der Waals surface area (Å²) < 4.78 is 4.59. The van der Waals surface area contributed by atoms with Crippen molar-refractivity contribution < 1.29 is 14.3 Å². The van der Waals surface area contributed by atoms with Crippen molar-refractivity contribution in [3.63, 3.8) is 0 Å². The van der Waals surface area contributed by atoms with Crippen LogP contribution in [0.2, 0.25) is 0 Å². The van der Waals surface area contributed by atoms with E-state index >= 15 is 0 Å². The maximum atomic E-state index is 11.0. The molecule has 0 aromatic rings. The molecule has 0 unspecified atom stereocenters. The first-order chi connectivity index (χ1) is 6.19. The second kappa shape index (κ2) is 4.40.